The summed E-state index contributed by atoms with van der Waals surface area (Å²) in [6, 6.07) is 7.57. The van der Waals surface area contributed by atoms with Crippen LogP contribution in [0.1, 0.15) is 37.7 Å². The molecule has 1 aliphatic rings. The number of carbonyl (C=O) groups is 1. The summed E-state index contributed by atoms with van der Waals surface area (Å²) in [6.07, 6.45) is 8.84. The first kappa shape index (κ1) is 15.2. The molecule has 4 heteroatoms. The molecule has 1 aromatic carbocycles. The van der Waals surface area contributed by atoms with Gasteiger partial charge in [-0.05, 0) is 30.7 Å². The second-order valence-corrected chi connectivity index (χ2v) is 6.87. The van der Waals surface area contributed by atoms with Crippen molar-refractivity contribution < 1.29 is 4.79 Å². The summed E-state index contributed by atoms with van der Waals surface area (Å²) < 4.78 is 0.246. The molecule has 0 bridgehead atoms. The van der Waals surface area contributed by atoms with Crippen LogP contribution in [0.2, 0.25) is 0 Å². The molecular weight excluding hydrogens is 268 g/mol. The summed E-state index contributed by atoms with van der Waals surface area (Å²) in [5, 5.41) is 3.10. The largest absolute Gasteiger partial charge is 0.398 e. The third-order valence-corrected chi connectivity index (χ3v) is 5.63. The maximum absolute atomic E-state index is 12.1. The van der Waals surface area contributed by atoms with Gasteiger partial charge in [-0.25, -0.2) is 0 Å². The van der Waals surface area contributed by atoms with E-state index in [1.807, 2.05) is 36.0 Å². The number of hydrogen-bond donors (Lipinski definition) is 2. The molecule has 20 heavy (non-hydrogen) atoms. The molecule has 0 spiro atoms. The maximum atomic E-state index is 12.1. The third kappa shape index (κ3) is 3.92. The second kappa shape index (κ2) is 7.02. The number of anilines is 1. The van der Waals surface area contributed by atoms with Gasteiger partial charge in [0.15, 0.2) is 0 Å². The van der Waals surface area contributed by atoms with E-state index in [4.69, 9.17) is 5.73 Å². The highest BCUT2D eigenvalue weighted by atomic mass is 32.2. The number of carbonyl (C=O) groups excluding carboxylic acids is 1. The van der Waals surface area contributed by atoms with Gasteiger partial charge < -0.3 is 11.1 Å². The van der Waals surface area contributed by atoms with E-state index in [2.05, 4.69) is 11.6 Å². The summed E-state index contributed by atoms with van der Waals surface area (Å²) in [5.74, 6) is 0.0712. The summed E-state index contributed by atoms with van der Waals surface area (Å²) in [4.78, 5) is 12.1. The van der Waals surface area contributed by atoms with E-state index in [-0.39, 0.29) is 10.7 Å². The van der Waals surface area contributed by atoms with Crippen molar-refractivity contribution in [1.29, 1.82) is 0 Å². The van der Waals surface area contributed by atoms with Crippen LogP contribution in [-0.4, -0.2) is 23.5 Å². The molecule has 1 fully saturated rings. The molecule has 3 nitrogen and oxygen atoms in total. The number of nitrogen functional groups attached to an aromatic ring is 1. The molecule has 110 valence electrons. The van der Waals surface area contributed by atoms with E-state index in [1.165, 1.54) is 32.1 Å². The molecule has 0 atom stereocenters. The van der Waals surface area contributed by atoms with Crippen LogP contribution in [0.4, 0.5) is 5.69 Å². The Hall–Kier alpha value is -1.16. The van der Waals surface area contributed by atoms with Gasteiger partial charge in [-0.3, -0.25) is 4.79 Å². The average molecular weight is 292 g/mol. The number of para-hydroxylation sites is 1. The predicted molar refractivity (Wildman–Crippen MR) is 86.9 cm³/mol. The summed E-state index contributed by atoms with van der Waals surface area (Å²) >= 11 is 1.91. The molecule has 0 aromatic heterocycles. The van der Waals surface area contributed by atoms with Gasteiger partial charge in [0.2, 0.25) is 5.91 Å². The van der Waals surface area contributed by atoms with E-state index in [1.54, 1.807) is 0 Å². The molecule has 0 heterocycles. The Morgan fingerprint density at radius 2 is 2.00 bits per heavy atom. The van der Waals surface area contributed by atoms with Gasteiger partial charge in [0.05, 0.1) is 6.42 Å². The minimum absolute atomic E-state index is 0.0712. The molecule has 1 amide bonds. The first-order valence-corrected chi connectivity index (χ1v) is 8.53. The van der Waals surface area contributed by atoms with Gasteiger partial charge in [0.25, 0.3) is 0 Å². The SMILES string of the molecule is CSC1(CNC(=O)Cc2ccccc2N)CCCCC1. The van der Waals surface area contributed by atoms with Crippen LogP contribution >= 0.6 is 11.8 Å². The fraction of sp³-hybridized carbons (Fsp3) is 0.562. The fourth-order valence-corrected chi connectivity index (χ4v) is 3.75. The number of hydrogen-bond acceptors (Lipinski definition) is 3. The van der Waals surface area contributed by atoms with Crippen LogP contribution in [-0.2, 0) is 11.2 Å². The highest BCUT2D eigenvalue weighted by Crippen LogP contribution is 2.37. The second-order valence-electron chi connectivity index (χ2n) is 5.60. The zero-order valence-electron chi connectivity index (χ0n) is 12.2. The predicted octanol–water partition coefficient (Wildman–Crippen LogP) is 2.99. The van der Waals surface area contributed by atoms with E-state index in [9.17, 15) is 4.79 Å². The van der Waals surface area contributed by atoms with Crippen LogP contribution < -0.4 is 11.1 Å². The van der Waals surface area contributed by atoms with Gasteiger partial charge in [-0.15, -0.1) is 0 Å². The van der Waals surface area contributed by atoms with Crippen LogP contribution in [0.5, 0.6) is 0 Å². The minimum atomic E-state index is 0.0712. The lowest BCUT2D eigenvalue weighted by molar-refractivity contribution is -0.120. The lowest BCUT2D eigenvalue weighted by atomic mass is 9.88. The first-order valence-electron chi connectivity index (χ1n) is 7.30. The van der Waals surface area contributed by atoms with Crippen molar-refractivity contribution in [3.63, 3.8) is 0 Å². The number of amides is 1. The van der Waals surface area contributed by atoms with Crippen molar-refractivity contribution in [1.82, 2.24) is 5.32 Å². The quantitative estimate of drug-likeness (QED) is 0.820. The normalized spacial score (nSPS) is 17.6. The zero-order valence-corrected chi connectivity index (χ0v) is 13.0. The van der Waals surface area contributed by atoms with Gasteiger partial charge in [0.1, 0.15) is 0 Å². The van der Waals surface area contributed by atoms with Crippen molar-refractivity contribution in [3.8, 4) is 0 Å². The highest BCUT2D eigenvalue weighted by Gasteiger charge is 2.31. The number of thioether (sulfide) groups is 1. The third-order valence-electron chi connectivity index (χ3n) is 4.21. The van der Waals surface area contributed by atoms with E-state index in [0.29, 0.717) is 12.1 Å². The monoisotopic (exact) mass is 292 g/mol. The van der Waals surface area contributed by atoms with Gasteiger partial charge >= 0.3 is 0 Å². The summed E-state index contributed by atoms with van der Waals surface area (Å²) in [7, 11) is 0. The van der Waals surface area contributed by atoms with Gasteiger partial charge in [-0.2, -0.15) is 11.8 Å². The Morgan fingerprint density at radius 1 is 1.30 bits per heavy atom. The van der Waals surface area contributed by atoms with E-state index >= 15 is 0 Å². The number of nitrogens with two attached hydrogens (primary N) is 1. The Labute approximate surface area is 125 Å². The fourth-order valence-electron chi connectivity index (χ4n) is 2.84. The lowest BCUT2D eigenvalue weighted by Gasteiger charge is -2.35. The molecule has 0 radical (unpaired) electrons. The molecular formula is C16H24N2OS. The molecule has 0 saturated heterocycles. The average Bonchev–Trinajstić information content (AvgIpc) is 2.49. The minimum Gasteiger partial charge on any atom is -0.398 e. The van der Waals surface area contributed by atoms with Crippen LogP contribution in [0, 0.1) is 0 Å². The first-order chi connectivity index (χ1) is 9.65. The summed E-state index contributed by atoms with van der Waals surface area (Å²) in [6.45, 7) is 0.778. The van der Waals surface area contributed by atoms with Crippen molar-refractivity contribution in [3.05, 3.63) is 29.8 Å². The Kier molecular flexibility index (Phi) is 5.35. The zero-order chi connectivity index (χ0) is 14.4. The Bertz CT molecular complexity index is 456. The smallest absolute Gasteiger partial charge is 0.224 e. The van der Waals surface area contributed by atoms with E-state index in [0.717, 1.165) is 12.1 Å². The van der Waals surface area contributed by atoms with Crippen molar-refractivity contribution in [2.24, 2.45) is 0 Å². The standard InChI is InChI=1S/C16H24N2OS/c1-20-16(9-5-2-6-10-16)12-18-15(19)11-13-7-3-4-8-14(13)17/h3-4,7-8H,2,5-6,9-12,17H2,1H3,(H,18,19). The molecule has 1 saturated carbocycles. The molecule has 1 aromatic rings. The number of benzene rings is 1. The van der Waals surface area contributed by atoms with Gasteiger partial charge in [-0.1, -0.05) is 37.5 Å². The van der Waals surface area contributed by atoms with Crippen molar-refractivity contribution in [2.45, 2.75) is 43.3 Å². The molecule has 0 unspecified atom stereocenters. The number of nitrogens with one attached hydrogen (secondary N) is 1. The van der Waals surface area contributed by atoms with E-state index < -0.39 is 0 Å². The Morgan fingerprint density at radius 3 is 2.65 bits per heavy atom. The van der Waals surface area contributed by atoms with Gasteiger partial charge in [0, 0.05) is 17.0 Å². The molecule has 2 rings (SSSR count). The molecule has 1 aliphatic carbocycles. The van der Waals surface area contributed by atoms with Crippen LogP contribution in [0.3, 0.4) is 0 Å². The molecule has 0 aliphatic heterocycles. The summed E-state index contributed by atoms with van der Waals surface area (Å²) in [5.41, 5.74) is 7.48. The van der Waals surface area contributed by atoms with Crippen LogP contribution in [0.15, 0.2) is 24.3 Å². The Balaban J connectivity index is 1.87. The van der Waals surface area contributed by atoms with Crippen molar-refractivity contribution in [2.75, 3.05) is 18.5 Å². The van der Waals surface area contributed by atoms with Crippen molar-refractivity contribution >= 4 is 23.4 Å². The highest BCUT2D eigenvalue weighted by molar-refractivity contribution is 8.00. The van der Waals surface area contributed by atoms with Crippen LogP contribution in [0.25, 0.3) is 0 Å². The maximum Gasteiger partial charge on any atom is 0.224 e. The molecule has 3 N–H and O–H groups in total. The lowest BCUT2D eigenvalue weighted by Crippen LogP contribution is -2.42. The topological polar surface area (TPSA) is 55.1 Å². The number of rotatable bonds is 5.